The fourth-order valence-corrected chi connectivity index (χ4v) is 3.87. The first-order chi connectivity index (χ1) is 13.4. The average Bonchev–Trinajstić information content (AvgIpc) is 3.19. The van der Waals surface area contributed by atoms with Crippen molar-refractivity contribution in [2.24, 2.45) is 0 Å². The number of hydrogen-bond acceptors (Lipinski definition) is 4. The molecule has 144 valence electrons. The van der Waals surface area contributed by atoms with Crippen LogP contribution in [-0.4, -0.2) is 44.4 Å². The SMILES string of the molecule is Cc1cc(C)c(O)c(-c2n[nH]c3c2C(c2ccc(F)cc2)N(CCO)C3=O)c1. The molecule has 3 aromatic rings. The molecule has 0 saturated heterocycles. The topological polar surface area (TPSA) is 89.5 Å². The van der Waals surface area contributed by atoms with Gasteiger partial charge in [-0.15, -0.1) is 0 Å². The van der Waals surface area contributed by atoms with Gasteiger partial charge in [0, 0.05) is 17.7 Å². The van der Waals surface area contributed by atoms with Crippen molar-refractivity contribution in [2.75, 3.05) is 13.2 Å². The summed E-state index contributed by atoms with van der Waals surface area (Å²) in [6.45, 7) is 3.65. The van der Waals surface area contributed by atoms with Gasteiger partial charge in [0.25, 0.3) is 5.91 Å². The maximum atomic E-state index is 13.4. The lowest BCUT2D eigenvalue weighted by molar-refractivity contribution is 0.0706. The van der Waals surface area contributed by atoms with Gasteiger partial charge in [0.1, 0.15) is 23.0 Å². The van der Waals surface area contributed by atoms with Gasteiger partial charge in [-0.1, -0.05) is 18.2 Å². The number of aromatic amines is 1. The molecule has 1 amide bonds. The van der Waals surface area contributed by atoms with Crippen molar-refractivity contribution in [3.63, 3.8) is 0 Å². The van der Waals surface area contributed by atoms with Crippen LogP contribution in [0.5, 0.6) is 5.75 Å². The van der Waals surface area contributed by atoms with Gasteiger partial charge in [0.15, 0.2) is 0 Å². The molecule has 0 spiro atoms. The van der Waals surface area contributed by atoms with Crippen molar-refractivity contribution < 1.29 is 19.4 Å². The minimum Gasteiger partial charge on any atom is -0.507 e. The number of aryl methyl sites for hydroxylation is 2. The molecule has 0 saturated carbocycles. The number of aromatic nitrogens is 2. The maximum Gasteiger partial charge on any atom is 0.273 e. The molecule has 0 fully saturated rings. The fraction of sp³-hybridized carbons (Fsp3) is 0.238. The Morgan fingerprint density at radius 3 is 2.61 bits per heavy atom. The number of aliphatic hydroxyl groups excluding tert-OH is 1. The molecule has 3 N–H and O–H groups in total. The van der Waals surface area contributed by atoms with Crippen LogP contribution in [0, 0.1) is 19.7 Å². The molecule has 1 aliphatic rings. The number of carbonyl (C=O) groups excluding carboxylic acids is 1. The van der Waals surface area contributed by atoms with Gasteiger partial charge in [0.05, 0.1) is 12.6 Å². The summed E-state index contributed by atoms with van der Waals surface area (Å²) in [7, 11) is 0. The van der Waals surface area contributed by atoms with E-state index < -0.39 is 6.04 Å². The van der Waals surface area contributed by atoms with Crippen LogP contribution in [0.15, 0.2) is 36.4 Å². The van der Waals surface area contributed by atoms with Crippen molar-refractivity contribution in [3.05, 3.63) is 70.2 Å². The molecule has 6 nitrogen and oxygen atoms in total. The van der Waals surface area contributed by atoms with E-state index in [9.17, 15) is 19.4 Å². The third kappa shape index (κ3) is 2.75. The zero-order chi connectivity index (χ0) is 20.0. The molecule has 1 unspecified atom stereocenters. The van der Waals surface area contributed by atoms with Crippen molar-refractivity contribution in [2.45, 2.75) is 19.9 Å². The molecule has 0 radical (unpaired) electrons. The van der Waals surface area contributed by atoms with Crippen LogP contribution in [-0.2, 0) is 0 Å². The summed E-state index contributed by atoms with van der Waals surface area (Å²) >= 11 is 0. The second kappa shape index (κ2) is 6.76. The predicted molar refractivity (Wildman–Crippen MR) is 102 cm³/mol. The van der Waals surface area contributed by atoms with Gasteiger partial charge in [-0.2, -0.15) is 5.10 Å². The second-order valence-electron chi connectivity index (χ2n) is 7.02. The van der Waals surface area contributed by atoms with Crippen LogP contribution in [0.2, 0.25) is 0 Å². The number of halogens is 1. The highest BCUT2D eigenvalue weighted by Crippen LogP contribution is 2.45. The summed E-state index contributed by atoms with van der Waals surface area (Å²) in [5.74, 6) is -0.562. The first-order valence-corrected chi connectivity index (χ1v) is 8.98. The number of fused-ring (bicyclic) bond motifs is 1. The third-order valence-electron chi connectivity index (χ3n) is 5.09. The Morgan fingerprint density at radius 2 is 1.93 bits per heavy atom. The first-order valence-electron chi connectivity index (χ1n) is 8.98. The smallest absolute Gasteiger partial charge is 0.273 e. The summed E-state index contributed by atoms with van der Waals surface area (Å²) in [5.41, 5.74) is 4.30. The summed E-state index contributed by atoms with van der Waals surface area (Å²) in [6, 6.07) is 9.05. The minimum absolute atomic E-state index is 0.103. The Labute approximate surface area is 161 Å². The molecule has 1 atom stereocenters. The normalized spacial score (nSPS) is 15.9. The summed E-state index contributed by atoms with van der Waals surface area (Å²) < 4.78 is 13.4. The van der Waals surface area contributed by atoms with Crippen molar-refractivity contribution in [1.82, 2.24) is 15.1 Å². The summed E-state index contributed by atoms with van der Waals surface area (Å²) in [5, 5.41) is 27.2. The summed E-state index contributed by atoms with van der Waals surface area (Å²) in [6.07, 6.45) is 0. The van der Waals surface area contributed by atoms with Gasteiger partial charge in [-0.25, -0.2) is 4.39 Å². The number of benzene rings is 2. The highest BCUT2D eigenvalue weighted by atomic mass is 19.1. The Kier molecular flexibility index (Phi) is 4.39. The average molecular weight is 381 g/mol. The number of nitrogens with zero attached hydrogens (tertiary/aromatic N) is 2. The van der Waals surface area contributed by atoms with Gasteiger partial charge < -0.3 is 15.1 Å². The van der Waals surface area contributed by atoms with E-state index >= 15 is 0 Å². The lowest BCUT2D eigenvalue weighted by atomic mass is 9.94. The number of carbonyl (C=O) groups is 1. The summed E-state index contributed by atoms with van der Waals surface area (Å²) in [4.78, 5) is 14.4. The third-order valence-corrected chi connectivity index (χ3v) is 5.09. The van der Waals surface area contributed by atoms with E-state index in [1.807, 2.05) is 19.1 Å². The number of amides is 1. The quantitative estimate of drug-likeness (QED) is 0.648. The number of hydrogen-bond donors (Lipinski definition) is 3. The van der Waals surface area contributed by atoms with E-state index in [-0.39, 0.29) is 30.6 Å². The monoisotopic (exact) mass is 381 g/mol. The van der Waals surface area contributed by atoms with Crippen molar-refractivity contribution >= 4 is 5.91 Å². The Hall–Kier alpha value is -3.19. The molecule has 0 bridgehead atoms. The highest BCUT2D eigenvalue weighted by molar-refractivity contribution is 6.00. The number of β-amino-alcohol motifs (C(OH)–C–C–N with tert-alkyl or cyclic N) is 1. The van der Waals surface area contributed by atoms with Crippen LogP contribution < -0.4 is 0 Å². The van der Waals surface area contributed by atoms with Crippen LogP contribution in [0.1, 0.15) is 38.8 Å². The molecule has 1 aliphatic heterocycles. The molecular weight excluding hydrogens is 361 g/mol. The number of H-pyrrole nitrogens is 1. The molecule has 28 heavy (non-hydrogen) atoms. The van der Waals surface area contributed by atoms with Crippen molar-refractivity contribution in [3.8, 4) is 17.0 Å². The molecule has 2 aromatic carbocycles. The van der Waals surface area contributed by atoms with Gasteiger partial charge in [0.2, 0.25) is 0 Å². The van der Waals surface area contributed by atoms with E-state index in [1.54, 1.807) is 19.1 Å². The highest BCUT2D eigenvalue weighted by Gasteiger charge is 2.42. The number of phenols is 1. The molecule has 2 heterocycles. The second-order valence-corrected chi connectivity index (χ2v) is 7.02. The van der Waals surface area contributed by atoms with Gasteiger partial charge in [-0.3, -0.25) is 9.89 Å². The minimum atomic E-state index is -0.538. The van der Waals surface area contributed by atoms with E-state index in [4.69, 9.17) is 0 Å². The number of phenolic OH excluding ortho intramolecular Hbond substituents is 1. The van der Waals surface area contributed by atoms with Crippen LogP contribution >= 0.6 is 0 Å². The van der Waals surface area contributed by atoms with Crippen LogP contribution in [0.3, 0.4) is 0 Å². The van der Waals surface area contributed by atoms with Crippen LogP contribution in [0.25, 0.3) is 11.3 Å². The zero-order valence-electron chi connectivity index (χ0n) is 15.5. The van der Waals surface area contributed by atoms with Crippen molar-refractivity contribution in [1.29, 1.82) is 0 Å². The van der Waals surface area contributed by atoms with E-state index in [0.29, 0.717) is 33.6 Å². The molecular formula is C21H20FN3O3. The molecule has 7 heteroatoms. The first kappa shape index (κ1) is 18.2. The molecule has 1 aromatic heterocycles. The predicted octanol–water partition coefficient (Wildman–Crippen LogP) is 3.08. The maximum absolute atomic E-state index is 13.4. The largest absolute Gasteiger partial charge is 0.507 e. The number of nitrogens with one attached hydrogen (secondary N) is 1. The number of aliphatic hydroxyl groups is 1. The Bertz CT molecular complexity index is 1060. The Balaban J connectivity index is 1.94. The van der Waals surface area contributed by atoms with E-state index in [2.05, 4.69) is 10.2 Å². The number of rotatable bonds is 4. The zero-order valence-corrected chi connectivity index (χ0v) is 15.5. The Morgan fingerprint density at radius 1 is 1.21 bits per heavy atom. The van der Waals surface area contributed by atoms with Crippen LogP contribution in [0.4, 0.5) is 4.39 Å². The van der Waals surface area contributed by atoms with E-state index in [1.165, 1.54) is 17.0 Å². The van der Waals surface area contributed by atoms with Gasteiger partial charge >= 0.3 is 0 Å². The van der Waals surface area contributed by atoms with Gasteiger partial charge in [-0.05, 0) is 48.7 Å². The lowest BCUT2D eigenvalue weighted by Gasteiger charge is -2.25. The number of aromatic hydroxyl groups is 1. The van der Waals surface area contributed by atoms with E-state index in [0.717, 1.165) is 5.56 Å². The standard InChI is InChI=1S/C21H20FN3O3/c1-11-9-12(2)20(27)15(10-11)17-16-18(24-23-17)21(28)25(7-8-26)19(16)13-3-5-14(22)6-4-13/h3-6,9-10,19,26-27H,7-8H2,1-2H3,(H,23,24). The fourth-order valence-electron chi connectivity index (χ4n) is 3.87. The lowest BCUT2D eigenvalue weighted by Crippen LogP contribution is -2.32. The molecule has 4 rings (SSSR count). The molecule has 0 aliphatic carbocycles.